The molecule has 4 amide bonds. The molecule has 0 aromatic heterocycles. The first-order chi connectivity index (χ1) is 13.1. The third-order valence-electron chi connectivity index (χ3n) is 5.46. The Morgan fingerprint density at radius 3 is 2.30 bits per heavy atom. The molecule has 1 aliphatic carbocycles. The largest absolute Gasteiger partial charge is 0.335 e. The molecule has 0 bridgehead atoms. The van der Waals surface area contributed by atoms with E-state index in [0.717, 1.165) is 62.2 Å². The number of nitrogens with one attached hydrogen (secondary N) is 4. The number of likely N-dealkylation sites (tertiary alicyclic amines) is 1. The van der Waals surface area contributed by atoms with Gasteiger partial charge in [-0.1, -0.05) is 31.0 Å². The van der Waals surface area contributed by atoms with Gasteiger partial charge < -0.3 is 15.5 Å². The number of imide groups is 1. The van der Waals surface area contributed by atoms with Gasteiger partial charge in [0, 0.05) is 30.5 Å². The van der Waals surface area contributed by atoms with Crippen LogP contribution in [0.4, 0.5) is 10.5 Å². The highest BCUT2D eigenvalue weighted by molar-refractivity contribution is 5.95. The minimum Gasteiger partial charge on any atom is -0.335 e. The van der Waals surface area contributed by atoms with Crippen LogP contribution in [0, 0.1) is 5.92 Å². The van der Waals surface area contributed by atoms with E-state index in [9.17, 15) is 14.4 Å². The molecule has 0 atom stereocenters. The van der Waals surface area contributed by atoms with Crippen LogP contribution >= 0.6 is 0 Å². The van der Waals surface area contributed by atoms with Crippen LogP contribution in [-0.4, -0.2) is 43.5 Å². The average molecular weight is 373 g/mol. The van der Waals surface area contributed by atoms with Crippen molar-refractivity contribution >= 4 is 23.5 Å². The zero-order valence-corrected chi connectivity index (χ0v) is 15.6. The van der Waals surface area contributed by atoms with Crippen molar-refractivity contribution in [3.05, 3.63) is 30.3 Å². The lowest BCUT2D eigenvalue weighted by Crippen LogP contribution is -3.14. The van der Waals surface area contributed by atoms with Crippen LogP contribution in [0.2, 0.25) is 0 Å². The van der Waals surface area contributed by atoms with Crippen LogP contribution in [0.5, 0.6) is 0 Å². The molecule has 27 heavy (non-hydrogen) atoms. The van der Waals surface area contributed by atoms with Crippen molar-refractivity contribution < 1.29 is 19.3 Å². The minimum absolute atomic E-state index is 0.0253. The van der Waals surface area contributed by atoms with E-state index in [1.165, 1.54) is 0 Å². The molecule has 0 unspecified atom stereocenters. The highest BCUT2D eigenvalue weighted by Gasteiger charge is 2.29. The number of amides is 4. The maximum Gasteiger partial charge on any atom is 0.321 e. The van der Waals surface area contributed by atoms with Gasteiger partial charge in [0.05, 0.1) is 13.1 Å². The molecule has 1 heterocycles. The number of para-hydroxylation sites is 1. The number of urea groups is 1. The zero-order valence-electron chi connectivity index (χ0n) is 15.6. The number of piperidine rings is 1. The molecule has 1 saturated heterocycles. The number of hydrogen-bond acceptors (Lipinski definition) is 3. The summed E-state index contributed by atoms with van der Waals surface area (Å²) in [7, 11) is 0. The van der Waals surface area contributed by atoms with Crippen molar-refractivity contribution in [1.82, 2.24) is 10.6 Å². The molecule has 1 aromatic rings. The summed E-state index contributed by atoms with van der Waals surface area (Å²) in [5, 5.41) is 8.24. The lowest BCUT2D eigenvalue weighted by atomic mass is 9.96. The van der Waals surface area contributed by atoms with Gasteiger partial charge in [0.25, 0.3) is 5.91 Å². The van der Waals surface area contributed by atoms with E-state index in [4.69, 9.17) is 0 Å². The molecule has 7 nitrogen and oxygen atoms in total. The number of quaternary nitrogens is 1. The average Bonchev–Trinajstić information content (AvgIpc) is 3.15. The fourth-order valence-electron chi connectivity index (χ4n) is 3.92. The summed E-state index contributed by atoms with van der Waals surface area (Å²) in [6.07, 6.45) is 5.74. The monoisotopic (exact) mass is 373 g/mol. The van der Waals surface area contributed by atoms with Crippen LogP contribution in [-0.2, 0) is 9.59 Å². The molecule has 0 spiro atoms. The molecule has 4 N–H and O–H groups in total. The highest BCUT2D eigenvalue weighted by atomic mass is 16.2. The number of anilines is 1. The van der Waals surface area contributed by atoms with E-state index >= 15 is 0 Å². The lowest BCUT2D eigenvalue weighted by Gasteiger charge is -2.28. The van der Waals surface area contributed by atoms with Crippen LogP contribution in [0.15, 0.2) is 30.3 Å². The van der Waals surface area contributed by atoms with E-state index in [1.807, 2.05) is 30.3 Å². The number of hydrogen-bond donors (Lipinski definition) is 4. The fourth-order valence-corrected chi connectivity index (χ4v) is 3.92. The van der Waals surface area contributed by atoms with Crippen molar-refractivity contribution in [3.63, 3.8) is 0 Å². The van der Waals surface area contributed by atoms with E-state index in [-0.39, 0.29) is 36.3 Å². The molecular weight excluding hydrogens is 344 g/mol. The SMILES string of the molecule is O=C(C[NH+]1CCC(C(=O)Nc2ccccc2)CC1)NC(=O)NC1CCCC1. The van der Waals surface area contributed by atoms with Gasteiger partial charge in [-0.3, -0.25) is 14.9 Å². The van der Waals surface area contributed by atoms with Crippen molar-refractivity contribution in [2.45, 2.75) is 44.6 Å². The molecule has 1 aromatic carbocycles. The Bertz CT molecular complexity index is 650. The van der Waals surface area contributed by atoms with Gasteiger partial charge in [-0.2, -0.15) is 0 Å². The van der Waals surface area contributed by atoms with E-state index in [2.05, 4.69) is 16.0 Å². The van der Waals surface area contributed by atoms with E-state index in [0.29, 0.717) is 0 Å². The standard InChI is InChI=1S/C20H28N4O3/c25-18(23-20(27)22-17-8-4-5-9-17)14-24-12-10-15(11-13-24)19(26)21-16-6-2-1-3-7-16/h1-3,6-7,15,17H,4-5,8-14H2,(H,21,26)(H2,22,23,25,27)/p+1. The summed E-state index contributed by atoms with van der Waals surface area (Å²) >= 11 is 0. The second-order valence-corrected chi connectivity index (χ2v) is 7.56. The van der Waals surface area contributed by atoms with Crippen LogP contribution in [0.3, 0.4) is 0 Å². The summed E-state index contributed by atoms with van der Waals surface area (Å²) in [4.78, 5) is 37.4. The molecule has 3 rings (SSSR count). The summed E-state index contributed by atoms with van der Waals surface area (Å²) in [5.41, 5.74) is 0.810. The summed E-state index contributed by atoms with van der Waals surface area (Å²) < 4.78 is 0. The first-order valence-electron chi connectivity index (χ1n) is 9.90. The molecule has 2 fully saturated rings. The maximum absolute atomic E-state index is 12.4. The van der Waals surface area contributed by atoms with E-state index < -0.39 is 0 Å². The lowest BCUT2D eigenvalue weighted by molar-refractivity contribution is -0.897. The molecular formula is C20H29N4O3+. The van der Waals surface area contributed by atoms with Gasteiger partial charge in [-0.15, -0.1) is 0 Å². The second-order valence-electron chi connectivity index (χ2n) is 7.56. The molecule has 2 aliphatic rings. The van der Waals surface area contributed by atoms with Gasteiger partial charge in [-0.05, 0) is 25.0 Å². The topological polar surface area (TPSA) is 91.7 Å². The first kappa shape index (κ1) is 19.4. The quantitative estimate of drug-likeness (QED) is 0.612. The van der Waals surface area contributed by atoms with Gasteiger partial charge >= 0.3 is 6.03 Å². The van der Waals surface area contributed by atoms with Gasteiger partial charge in [0.2, 0.25) is 5.91 Å². The smallest absolute Gasteiger partial charge is 0.321 e. The first-order valence-corrected chi connectivity index (χ1v) is 9.90. The van der Waals surface area contributed by atoms with Gasteiger partial charge in [0.15, 0.2) is 6.54 Å². The number of benzene rings is 1. The number of carbonyl (C=O) groups excluding carboxylic acids is 3. The van der Waals surface area contributed by atoms with Crippen molar-refractivity contribution in [2.24, 2.45) is 5.92 Å². The Labute approximate surface area is 159 Å². The van der Waals surface area contributed by atoms with Gasteiger partial charge in [0.1, 0.15) is 0 Å². The van der Waals surface area contributed by atoms with Crippen molar-refractivity contribution in [2.75, 3.05) is 25.0 Å². The van der Waals surface area contributed by atoms with Crippen LogP contribution < -0.4 is 20.9 Å². The third-order valence-corrected chi connectivity index (χ3v) is 5.46. The van der Waals surface area contributed by atoms with Crippen LogP contribution in [0.25, 0.3) is 0 Å². The zero-order chi connectivity index (χ0) is 19.1. The number of rotatable bonds is 5. The Kier molecular flexibility index (Phi) is 6.81. The Hall–Kier alpha value is -2.41. The molecule has 1 saturated carbocycles. The molecule has 7 heteroatoms. The summed E-state index contributed by atoms with van der Waals surface area (Å²) in [5.74, 6) is -0.240. The molecule has 146 valence electrons. The highest BCUT2D eigenvalue weighted by Crippen LogP contribution is 2.17. The normalized spacial score (nSPS) is 22.8. The fraction of sp³-hybridized carbons (Fsp3) is 0.550. The molecule has 0 radical (unpaired) electrons. The predicted molar refractivity (Wildman–Crippen MR) is 102 cm³/mol. The Morgan fingerprint density at radius 2 is 1.63 bits per heavy atom. The van der Waals surface area contributed by atoms with Gasteiger partial charge in [-0.25, -0.2) is 4.79 Å². The maximum atomic E-state index is 12.4. The minimum atomic E-state index is -0.386. The van der Waals surface area contributed by atoms with Crippen molar-refractivity contribution in [1.29, 1.82) is 0 Å². The van der Waals surface area contributed by atoms with Crippen molar-refractivity contribution in [3.8, 4) is 0 Å². The Morgan fingerprint density at radius 1 is 0.963 bits per heavy atom. The molecule has 1 aliphatic heterocycles. The Balaban J connectivity index is 1.35. The predicted octanol–water partition coefficient (Wildman–Crippen LogP) is 0.688. The van der Waals surface area contributed by atoms with E-state index in [1.54, 1.807) is 0 Å². The summed E-state index contributed by atoms with van der Waals surface area (Å²) in [6.45, 7) is 1.78. The number of carbonyl (C=O) groups is 3. The second kappa shape index (κ2) is 9.50. The van der Waals surface area contributed by atoms with Crippen LogP contribution in [0.1, 0.15) is 38.5 Å². The summed E-state index contributed by atoms with van der Waals surface area (Å²) in [6, 6.07) is 9.26. The third kappa shape index (κ3) is 6.06.